The summed E-state index contributed by atoms with van der Waals surface area (Å²) in [4.78, 5) is 8.18. The number of H-pyrrole nitrogens is 1. The summed E-state index contributed by atoms with van der Waals surface area (Å²) in [7, 11) is 1.74. The minimum atomic E-state index is 0.587. The largest absolute Gasteiger partial charge is 0.384 e. The average molecular weight is 323 g/mol. The van der Waals surface area contributed by atoms with Crippen LogP contribution in [0.5, 0.6) is 0 Å². The van der Waals surface area contributed by atoms with E-state index in [1.54, 1.807) is 7.11 Å². The van der Waals surface area contributed by atoms with Crippen molar-refractivity contribution in [3.05, 3.63) is 46.8 Å². The number of ether oxygens (including phenoxy) is 1. The fraction of sp³-hybridized carbons (Fsp3) is 0.350. The molecule has 0 unspecified atom stereocenters. The Kier molecular flexibility index (Phi) is 4.58. The van der Waals surface area contributed by atoms with Gasteiger partial charge in [0.05, 0.1) is 17.8 Å². The second kappa shape index (κ2) is 6.65. The third kappa shape index (κ3) is 2.78. The smallest absolute Gasteiger partial charge is 0.123 e. The molecule has 4 heteroatoms. The highest BCUT2D eigenvalue weighted by atomic mass is 16.5. The van der Waals surface area contributed by atoms with Crippen LogP contribution in [0.1, 0.15) is 29.4 Å². The molecule has 24 heavy (non-hydrogen) atoms. The van der Waals surface area contributed by atoms with Gasteiger partial charge in [0, 0.05) is 35.7 Å². The van der Waals surface area contributed by atoms with Crippen LogP contribution in [-0.4, -0.2) is 23.7 Å². The van der Waals surface area contributed by atoms with Crippen LogP contribution < -0.4 is 5.73 Å². The lowest BCUT2D eigenvalue weighted by atomic mass is 9.95. The quantitative estimate of drug-likeness (QED) is 0.740. The number of nitrogens with two attached hydrogens (primary N) is 1. The second-order valence-electron chi connectivity index (χ2n) is 6.24. The summed E-state index contributed by atoms with van der Waals surface area (Å²) in [5.74, 6) is 0.587. The van der Waals surface area contributed by atoms with Crippen molar-refractivity contribution >= 4 is 16.7 Å². The van der Waals surface area contributed by atoms with Crippen molar-refractivity contribution in [3.8, 4) is 11.1 Å². The van der Waals surface area contributed by atoms with E-state index < -0.39 is 0 Å². The molecule has 0 aliphatic carbocycles. The molecular weight excluding hydrogens is 298 g/mol. The summed E-state index contributed by atoms with van der Waals surface area (Å²) < 4.78 is 5.24. The van der Waals surface area contributed by atoms with Crippen molar-refractivity contribution in [1.29, 1.82) is 0 Å². The first-order chi connectivity index (χ1) is 11.6. The van der Waals surface area contributed by atoms with Gasteiger partial charge in [-0.1, -0.05) is 25.1 Å². The molecule has 0 saturated heterocycles. The molecular formula is C20H25N3O. The monoisotopic (exact) mass is 323 g/mol. The van der Waals surface area contributed by atoms with E-state index in [1.165, 1.54) is 33.3 Å². The van der Waals surface area contributed by atoms with Crippen LogP contribution in [-0.2, 0) is 17.6 Å². The van der Waals surface area contributed by atoms with Crippen LogP contribution in [0.4, 0.5) is 5.82 Å². The van der Waals surface area contributed by atoms with Crippen LogP contribution in [0, 0.1) is 13.8 Å². The normalized spacial score (nSPS) is 11.3. The summed E-state index contributed by atoms with van der Waals surface area (Å²) >= 11 is 0. The molecule has 2 aromatic heterocycles. The number of nitrogens with zero attached hydrogens (tertiary/aromatic N) is 1. The number of nitrogens with one attached hydrogen (secondary N) is 1. The fourth-order valence-electron chi connectivity index (χ4n) is 3.46. The molecule has 3 aromatic rings. The van der Waals surface area contributed by atoms with Crippen LogP contribution in [0.2, 0.25) is 0 Å². The Bertz CT molecular complexity index is 880. The summed E-state index contributed by atoms with van der Waals surface area (Å²) in [6.45, 7) is 7.11. The number of aromatic amines is 1. The maximum atomic E-state index is 5.94. The number of benzene rings is 1. The van der Waals surface area contributed by atoms with Gasteiger partial charge in [0.1, 0.15) is 5.82 Å². The number of aryl methyl sites for hydroxylation is 3. The highest BCUT2D eigenvalue weighted by molar-refractivity contribution is 5.98. The van der Waals surface area contributed by atoms with E-state index in [-0.39, 0.29) is 0 Å². The molecule has 4 nitrogen and oxygen atoms in total. The highest BCUT2D eigenvalue weighted by Crippen LogP contribution is 2.35. The van der Waals surface area contributed by atoms with Gasteiger partial charge in [-0.2, -0.15) is 0 Å². The average Bonchev–Trinajstić information content (AvgIpc) is 2.89. The predicted molar refractivity (Wildman–Crippen MR) is 100 cm³/mol. The van der Waals surface area contributed by atoms with E-state index in [4.69, 9.17) is 10.5 Å². The van der Waals surface area contributed by atoms with E-state index in [9.17, 15) is 0 Å². The van der Waals surface area contributed by atoms with Gasteiger partial charge in [0.25, 0.3) is 0 Å². The summed E-state index contributed by atoms with van der Waals surface area (Å²) in [6, 6.07) is 8.41. The van der Waals surface area contributed by atoms with Gasteiger partial charge in [0.2, 0.25) is 0 Å². The number of hydrogen-bond acceptors (Lipinski definition) is 3. The highest BCUT2D eigenvalue weighted by Gasteiger charge is 2.16. The minimum absolute atomic E-state index is 0.587. The van der Waals surface area contributed by atoms with Gasteiger partial charge in [0.15, 0.2) is 0 Å². The van der Waals surface area contributed by atoms with E-state index >= 15 is 0 Å². The van der Waals surface area contributed by atoms with Gasteiger partial charge in [-0.05, 0) is 37.5 Å². The number of para-hydroxylation sites is 1. The summed E-state index contributed by atoms with van der Waals surface area (Å²) in [5, 5.41) is 1.26. The molecule has 126 valence electrons. The molecule has 3 rings (SSSR count). The van der Waals surface area contributed by atoms with Crippen molar-refractivity contribution in [1.82, 2.24) is 9.97 Å². The first kappa shape index (κ1) is 16.5. The SMILES string of the molecule is CCc1nc(N)cc(C)c1-c1cccc2c(C)c(CCOC)[nH]c12. The Morgan fingerprint density at radius 1 is 1.25 bits per heavy atom. The number of methoxy groups -OCH3 is 1. The number of nitrogen functional groups attached to an aromatic ring is 1. The zero-order valence-electron chi connectivity index (χ0n) is 14.9. The van der Waals surface area contributed by atoms with Crippen LogP contribution >= 0.6 is 0 Å². The number of fused-ring (bicyclic) bond motifs is 1. The maximum Gasteiger partial charge on any atom is 0.123 e. The third-order valence-corrected chi connectivity index (χ3v) is 4.67. The van der Waals surface area contributed by atoms with Gasteiger partial charge < -0.3 is 15.5 Å². The lowest BCUT2D eigenvalue weighted by Gasteiger charge is -2.13. The van der Waals surface area contributed by atoms with Crippen molar-refractivity contribution in [2.45, 2.75) is 33.6 Å². The lowest BCUT2D eigenvalue weighted by molar-refractivity contribution is 0.201. The number of rotatable bonds is 5. The third-order valence-electron chi connectivity index (χ3n) is 4.67. The standard InChI is InChI=1S/C20H25N3O/c1-5-16-19(12(2)11-18(21)22-16)15-8-6-7-14-13(3)17(9-10-24-4)23-20(14)15/h6-8,11,23H,5,9-10H2,1-4H3,(H2,21,22). The first-order valence-corrected chi connectivity index (χ1v) is 8.42. The minimum Gasteiger partial charge on any atom is -0.384 e. The van der Waals surface area contributed by atoms with Crippen molar-refractivity contribution in [2.24, 2.45) is 0 Å². The van der Waals surface area contributed by atoms with E-state index in [0.717, 1.165) is 24.1 Å². The fourth-order valence-corrected chi connectivity index (χ4v) is 3.46. The number of hydrogen-bond donors (Lipinski definition) is 2. The lowest BCUT2D eigenvalue weighted by Crippen LogP contribution is -2.01. The Morgan fingerprint density at radius 2 is 2.04 bits per heavy atom. The van der Waals surface area contributed by atoms with Crippen molar-refractivity contribution < 1.29 is 4.74 Å². The Balaban J connectivity index is 2.24. The van der Waals surface area contributed by atoms with Gasteiger partial charge in [-0.25, -0.2) is 4.98 Å². The van der Waals surface area contributed by atoms with E-state index in [1.807, 2.05) is 6.07 Å². The topological polar surface area (TPSA) is 63.9 Å². The van der Waals surface area contributed by atoms with Crippen molar-refractivity contribution in [3.63, 3.8) is 0 Å². The molecule has 0 bridgehead atoms. The summed E-state index contributed by atoms with van der Waals surface area (Å²) in [6.07, 6.45) is 1.74. The zero-order chi connectivity index (χ0) is 17.3. The van der Waals surface area contributed by atoms with Crippen LogP contribution in [0.15, 0.2) is 24.3 Å². The molecule has 2 heterocycles. The van der Waals surface area contributed by atoms with Gasteiger partial charge in [-0.3, -0.25) is 0 Å². The summed E-state index contributed by atoms with van der Waals surface area (Å²) in [5.41, 5.74) is 14.2. The molecule has 0 radical (unpaired) electrons. The first-order valence-electron chi connectivity index (χ1n) is 8.42. The number of aromatic nitrogens is 2. The predicted octanol–water partition coefficient (Wildman–Crippen LogP) is 4.18. The molecule has 0 aliphatic heterocycles. The van der Waals surface area contributed by atoms with Crippen LogP contribution in [0.3, 0.4) is 0 Å². The molecule has 0 amide bonds. The number of pyridine rings is 1. The van der Waals surface area contributed by atoms with Crippen molar-refractivity contribution in [2.75, 3.05) is 19.5 Å². The van der Waals surface area contributed by atoms with Gasteiger partial charge >= 0.3 is 0 Å². The van der Waals surface area contributed by atoms with Crippen LogP contribution in [0.25, 0.3) is 22.0 Å². The molecule has 0 aliphatic rings. The second-order valence-corrected chi connectivity index (χ2v) is 6.24. The Labute approximate surface area is 143 Å². The van der Waals surface area contributed by atoms with Gasteiger partial charge in [-0.15, -0.1) is 0 Å². The molecule has 0 atom stereocenters. The molecule has 3 N–H and O–H groups in total. The van der Waals surface area contributed by atoms with E-state index in [0.29, 0.717) is 12.4 Å². The molecule has 0 saturated carbocycles. The Morgan fingerprint density at radius 3 is 2.75 bits per heavy atom. The molecule has 0 fully saturated rings. The Hall–Kier alpha value is -2.33. The number of anilines is 1. The van der Waals surface area contributed by atoms with E-state index in [2.05, 4.69) is 48.9 Å². The molecule has 1 aromatic carbocycles. The molecule has 0 spiro atoms. The zero-order valence-corrected chi connectivity index (χ0v) is 14.9. The maximum absolute atomic E-state index is 5.94.